The van der Waals surface area contributed by atoms with Crippen molar-refractivity contribution in [2.75, 3.05) is 0 Å². The predicted molar refractivity (Wildman–Crippen MR) is 122 cm³/mol. The Hall–Kier alpha value is -1.61. The molecule has 1 aromatic carbocycles. The molecule has 29 heavy (non-hydrogen) atoms. The highest BCUT2D eigenvalue weighted by molar-refractivity contribution is 5.71. The first-order valence-electron chi connectivity index (χ1n) is 11.7. The van der Waals surface area contributed by atoms with Crippen molar-refractivity contribution in [2.45, 2.75) is 97.0 Å². The summed E-state index contributed by atoms with van der Waals surface area (Å²) < 4.78 is 0. The second-order valence-electron chi connectivity index (χ2n) is 8.35. The first-order valence-corrected chi connectivity index (χ1v) is 11.7. The van der Waals surface area contributed by atoms with Gasteiger partial charge in [-0.05, 0) is 63.4 Å². The molecule has 0 heterocycles. The molecule has 3 unspecified atom stereocenters. The number of hydrogen-bond donors (Lipinski definition) is 2. The van der Waals surface area contributed by atoms with Gasteiger partial charge in [-0.3, -0.25) is 4.79 Å². The lowest BCUT2D eigenvalue weighted by Crippen LogP contribution is -2.33. The van der Waals surface area contributed by atoms with Crippen molar-refractivity contribution in [2.24, 2.45) is 11.8 Å². The van der Waals surface area contributed by atoms with Crippen molar-refractivity contribution in [3.8, 4) is 0 Å². The number of hydrogen-bond acceptors (Lipinski definition) is 2. The number of carboxylic acid groups (broad SMARTS) is 1. The van der Waals surface area contributed by atoms with E-state index in [4.69, 9.17) is 0 Å². The zero-order chi connectivity index (χ0) is 21.3. The molecule has 3 nitrogen and oxygen atoms in total. The Labute approximate surface area is 178 Å². The molecule has 0 aliphatic heterocycles. The van der Waals surface area contributed by atoms with E-state index in [1.807, 2.05) is 18.2 Å². The van der Waals surface area contributed by atoms with Gasteiger partial charge < -0.3 is 10.2 Å². The monoisotopic (exact) mass is 402 g/mol. The van der Waals surface area contributed by atoms with Crippen molar-refractivity contribution in [1.29, 1.82) is 0 Å². The second-order valence-corrected chi connectivity index (χ2v) is 8.35. The summed E-state index contributed by atoms with van der Waals surface area (Å²) in [6, 6.07) is 10.2. The van der Waals surface area contributed by atoms with Crippen LogP contribution in [-0.4, -0.2) is 22.3 Å². The molecular formula is C26H42O3. The Balaban J connectivity index is 2.37. The first kappa shape index (κ1) is 25.4. The van der Waals surface area contributed by atoms with Gasteiger partial charge in [0, 0.05) is 0 Å². The van der Waals surface area contributed by atoms with Crippen molar-refractivity contribution >= 4 is 5.97 Å². The van der Waals surface area contributed by atoms with Crippen LogP contribution in [0.15, 0.2) is 42.5 Å². The minimum absolute atomic E-state index is 0.0156. The average Bonchev–Trinajstić information content (AvgIpc) is 2.70. The van der Waals surface area contributed by atoms with Gasteiger partial charge in [0.05, 0.1) is 12.0 Å². The van der Waals surface area contributed by atoms with Gasteiger partial charge in [0.2, 0.25) is 0 Å². The SMILES string of the molecule is CCCCCCC=CCCCCCC(CCc1ccccc1)C(C(=O)O)C(C)O. The number of carbonyl (C=O) groups is 1. The highest BCUT2D eigenvalue weighted by Gasteiger charge is 2.31. The highest BCUT2D eigenvalue weighted by Crippen LogP contribution is 2.28. The van der Waals surface area contributed by atoms with E-state index in [2.05, 4.69) is 31.2 Å². The van der Waals surface area contributed by atoms with Gasteiger partial charge in [0.15, 0.2) is 0 Å². The van der Waals surface area contributed by atoms with E-state index in [0.717, 1.165) is 44.9 Å². The van der Waals surface area contributed by atoms with Crippen molar-refractivity contribution in [3.63, 3.8) is 0 Å². The number of rotatable bonds is 17. The molecule has 0 spiro atoms. The van der Waals surface area contributed by atoms with Crippen LogP contribution in [-0.2, 0) is 11.2 Å². The van der Waals surface area contributed by atoms with Crippen LogP contribution in [0.3, 0.4) is 0 Å². The standard InChI is InChI=1S/C26H42O3/c1-3-4-5-6-7-8-9-10-11-12-16-19-24(25(22(2)27)26(28)29)21-20-23-17-14-13-15-18-23/h8-9,13-15,17-18,22,24-25,27H,3-7,10-12,16,19-21H2,1-2H3,(H,28,29). The van der Waals surface area contributed by atoms with Crippen LogP contribution in [0.2, 0.25) is 0 Å². The maximum Gasteiger partial charge on any atom is 0.309 e. The summed E-state index contributed by atoms with van der Waals surface area (Å²) in [5.41, 5.74) is 1.23. The van der Waals surface area contributed by atoms with Gasteiger partial charge in [-0.25, -0.2) is 0 Å². The lowest BCUT2D eigenvalue weighted by molar-refractivity contribution is -0.148. The van der Waals surface area contributed by atoms with Crippen LogP contribution >= 0.6 is 0 Å². The molecule has 3 heteroatoms. The fraction of sp³-hybridized carbons (Fsp3) is 0.654. The Kier molecular flexibility index (Phi) is 14.2. The number of carboxylic acids is 1. The molecule has 0 saturated carbocycles. The summed E-state index contributed by atoms with van der Waals surface area (Å²) in [6.45, 7) is 3.85. The molecule has 0 fully saturated rings. The third-order valence-electron chi connectivity index (χ3n) is 5.80. The summed E-state index contributed by atoms with van der Waals surface area (Å²) in [4.78, 5) is 11.7. The second kappa shape index (κ2) is 16.2. The molecule has 1 aromatic rings. The summed E-state index contributed by atoms with van der Waals surface area (Å²) in [6.07, 6.45) is 17.2. The Morgan fingerprint density at radius 3 is 2.10 bits per heavy atom. The van der Waals surface area contributed by atoms with Crippen LogP contribution < -0.4 is 0 Å². The van der Waals surface area contributed by atoms with Crippen LogP contribution in [0.25, 0.3) is 0 Å². The summed E-state index contributed by atoms with van der Waals surface area (Å²) in [5, 5.41) is 19.7. The minimum atomic E-state index is -0.871. The molecule has 0 amide bonds. The van der Waals surface area contributed by atoms with Gasteiger partial charge in [-0.2, -0.15) is 0 Å². The van der Waals surface area contributed by atoms with Gasteiger partial charge in [-0.1, -0.05) is 81.5 Å². The Bertz CT molecular complexity index is 550. The molecule has 1 rings (SSSR count). The zero-order valence-corrected chi connectivity index (χ0v) is 18.6. The molecule has 0 bridgehead atoms. The number of unbranched alkanes of at least 4 members (excludes halogenated alkanes) is 7. The van der Waals surface area contributed by atoms with E-state index in [0.29, 0.717) is 0 Å². The van der Waals surface area contributed by atoms with Gasteiger partial charge in [0.25, 0.3) is 0 Å². The van der Waals surface area contributed by atoms with Crippen LogP contribution in [0.1, 0.15) is 90.0 Å². The molecule has 0 saturated heterocycles. The minimum Gasteiger partial charge on any atom is -0.481 e. The van der Waals surface area contributed by atoms with E-state index in [-0.39, 0.29) is 5.92 Å². The molecular weight excluding hydrogens is 360 g/mol. The van der Waals surface area contributed by atoms with Gasteiger partial charge in [-0.15, -0.1) is 0 Å². The largest absolute Gasteiger partial charge is 0.481 e. The Morgan fingerprint density at radius 2 is 1.55 bits per heavy atom. The number of aliphatic hydroxyl groups is 1. The number of aryl methyl sites for hydroxylation is 1. The summed E-state index contributed by atoms with van der Waals surface area (Å²) >= 11 is 0. The van der Waals surface area contributed by atoms with E-state index in [1.165, 1.54) is 37.7 Å². The summed E-state index contributed by atoms with van der Waals surface area (Å²) in [5.74, 6) is -1.53. The molecule has 0 aliphatic carbocycles. The highest BCUT2D eigenvalue weighted by atomic mass is 16.4. The lowest BCUT2D eigenvalue weighted by atomic mass is 9.80. The van der Waals surface area contributed by atoms with Gasteiger partial charge >= 0.3 is 5.97 Å². The Morgan fingerprint density at radius 1 is 0.931 bits per heavy atom. The van der Waals surface area contributed by atoms with Crippen LogP contribution in [0, 0.1) is 11.8 Å². The number of benzene rings is 1. The number of aliphatic hydroxyl groups excluding tert-OH is 1. The van der Waals surface area contributed by atoms with Crippen LogP contribution in [0.4, 0.5) is 0 Å². The maximum absolute atomic E-state index is 11.7. The fourth-order valence-electron chi connectivity index (χ4n) is 4.07. The molecule has 0 radical (unpaired) electrons. The normalized spacial score (nSPS) is 14.7. The lowest BCUT2D eigenvalue weighted by Gasteiger charge is -2.26. The number of aliphatic carboxylic acids is 1. The maximum atomic E-state index is 11.7. The average molecular weight is 403 g/mol. The van der Waals surface area contributed by atoms with E-state index in [1.54, 1.807) is 6.92 Å². The third-order valence-corrected chi connectivity index (χ3v) is 5.80. The van der Waals surface area contributed by atoms with Gasteiger partial charge in [0.1, 0.15) is 0 Å². The van der Waals surface area contributed by atoms with Crippen molar-refractivity contribution in [3.05, 3.63) is 48.0 Å². The zero-order valence-electron chi connectivity index (χ0n) is 18.6. The molecule has 2 N–H and O–H groups in total. The fourth-order valence-corrected chi connectivity index (χ4v) is 4.07. The predicted octanol–water partition coefficient (Wildman–Crippen LogP) is 6.79. The molecule has 0 aromatic heterocycles. The van der Waals surface area contributed by atoms with Crippen LogP contribution in [0.5, 0.6) is 0 Å². The smallest absolute Gasteiger partial charge is 0.309 e. The van der Waals surface area contributed by atoms with E-state index < -0.39 is 18.0 Å². The van der Waals surface area contributed by atoms with E-state index >= 15 is 0 Å². The van der Waals surface area contributed by atoms with Crippen molar-refractivity contribution in [1.82, 2.24) is 0 Å². The molecule has 0 aliphatic rings. The van der Waals surface area contributed by atoms with Crippen molar-refractivity contribution < 1.29 is 15.0 Å². The molecule has 164 valence electrons. The summed E-state index contributed by atoms with van der Waals surface area (Å²) in [7, 11) is 0. The van der Waals surface area contributed by atoms with E-state index in [9.17, 15) is 15.0 Å². The third kappa shape index (κ3) is 11.9. The first-order chi connectivity index (χ1) is 14.1. The quantitative estimate of drug-likeness (QED) is 0.223. The molecule has 3 atom stereocenters. The topological polar surface area (TPSA) is 57.5 Å². The number of allylic oxidation sites excluding steroid dienone is 2.